The molecular formula is C15H16BrN3O3. The quantitative estimate of drug-likeness (QED) is 0.896. The van der Waals surface area contributed by atoms with Crippen molar-refractivity contribution in [3.63, 3.8) is 0 Å². The zero-order valence-electron chi connectivity index (χ0n) is 11.9. The first-order valence-electron chi connectivity index (χ1n) is 7.04. The highest BCUT2D eigenvalue weighted by Gasteiger charge is 2.29. The standard InChI is InChI=1S/C15H16BrN3O3/c16-14-4-3-13(22-14)15(20)19-7-6-18-8-11(19)10-21-12-2-1-5-17-9-12/h1-5,9,11,18H,6-8,10H2. The van der Waals surface area contributed by atoms with E-state index in [4.69, 9.17) is 9.15 Å². The summed E-state index contributed by atoms with van der Waals surface area (Å²) in [5.74, 6) is 0.911. The number of piperazine rings is 1. The molecule has 7 heteroatoms. The summed E-state index contributed by atoms with van der Waals surface area (Å²) in [6.45, 7) is 2.48. The van der Waals surface area contributed by atoms with Gasteiger partial charge in [0.25, 0.3) is 5.91 Å². The molecule has 1 unspecified atom stereocenters. The molecule has 0 radical (unpaired) electrons. The number of aromatic nitrogens is 1. The van der Waals surface area contributed by atoms with Crippen LogP contribution in [-0.4, -0.2) is 48.1 Å². The van der Waals surface area contributed by atoms with Crippen molar-refractivity contribution < 1.29 is 13.9 Å². The summed E-state index contributed by atoms with van der Waals surface area (Å²) in [4.78, 5) is 18.4. The summed E-state index contributed by atoms with van der Waals surface area (Å²) < 4.78 is 11.6. The van der Waals surface area contributed by atoms with E-state index in [-0.39, 0.29) is 11.9 Å². The molecule has 0 aromatic carbocycles. The first kappa shape index (κ1) is 15.1. The van der Waals surface area contributed by atoms with Gasteiger partial charge in [-0.25, -0.2) is 0 Å². The van der Waals surface area contributed by atoms with Gasteiger partial charge in [0.2, 0.25) is 0 Å². The Balaban J connectivity index is 1.67. The molecule has 1 fully saturated rings. The van der Waals surface area contributed by atoms with E-state index >= 15 is 0 Å². The first-order chi connectivity index (χ1) is 10.7. The van der Waals surface area contributed by atoms with E-state index < -0.39 is 0 Å². The van der Waals surface area contributed by atoms with Gasteiger partial charge >= 0.3 is 0 Å². The molecule has 0 bridgehead atoms. The third-order valence-electron chi connectivity index (χ3n) is 3.47. The van der Waals surface area contributed by atoms with E-state index in [0.717, 1.165) is 6.54 Å². The number of carbonyl (C=O) groups excluding carboxylic acids is 1. The zero-order valence-corrected chi connectivity index (χ0v) is 13.5. The maximum Gasteiger partial charge on any atom is 0.290 e. The molecule has 3 heterocycles. The predicted molar refractivity (Wildman–Crippen MR) is 83.8 cm³/mol. The summed E-state index contributed by atoms with van der Waals surface area (Å²) in [6, 6.07) is 7.01. The molecule has 3 rings (SSSR count). The fourth-order valence-corrected chi connectivity index (χ4v) is 2.68. The highest BCUT2D eigenvalue weighted by atomic mass is 79.9. The molecule has 22 heavy (non-hydrogen) atoms. The minimum Gasteiger partial charge on any atom is -0.490 e. The van der Waals surface area contributed by atoms with Gasteiger partial charge in [-0.3, -0.25) is 9.78 Å². The Labute approximate surface area is 136 Å². The Hall–Kier alpha value is -1.86. The maximum absolute atomic E-state index is 12.6. The molecule has 2 aromatic rings. The van der Waals surface area contributed by atoms with Gasteiger partial charge in [-0.1, -0.05) is 0 Å². The van der Waals surface area contributed by atoms with Crippen LogP contribution in [0.1, 0.15) is 10.6 Å². The van der Waals surface area contributed by atoms with E-state index in [9.17, 15) is 4.79 Å². The van der Waals surface area contributed by atoms with Gasteiger partial charge < -0.3 is 19.4 Å². The molecule has 1 N–H and O–H groups in total. The average molecular weight is 366 g/mol. The van der Waals surface area contributed by atoms with Crippen LogP contribution in [0.15, 0.2) is 45.7 Å². The second-order valence-electron chi connectivity index (χ2n) is 4.96. The Morgan fingerprint density at radius 3 is 3.14 bits per heavy atom. The third-order valence-corrected chi connectivity index (χ3v) is 3.90. The number of nitrogens with one attached hydrogen (secondary N) is 1. The molecular weight excluding hydrogens is 350 g/mol. The molecule has 1 amide bonds. The van der Waals surface area contributed by atoms with Crippen LogP contribution < -0.4 is 10.1 Å². The van der Waals surface area contributed by atoms with Gasteiger partial charge in [-0.05, 0) is 40.2 Å². The normalized spacial score (nSPS) is 18.2. The van der Waals surface area contributed by atoms with Crippen LogP contribution in [0.2, 0.25) is 0 Å². The molecule has 1 saturated heterocycles. The first-order valence-corrected chi connectivity index (χ1v) is 7.83. The monoisotopic (exact) mass is 365 g/mol. The van der Waals surface area contributed by atoms with Crippen molar-refractivity contribution in [3.05, 3.63) is 47.1 Å². The smallest absolute Gasteiger partial charge is 0.290 e. The van der Waals surface area contributed by atoms with Crippen LogP contribution in [-0.2, 0) is 0 Å². The minimum atomic E-state index is -0.119. The lowest BCUT2D eigenvalue weighted by Gasteiger charge is -2.35. The number of ether oxygens (including phenoxy) is 1. The van der Waals surface area contributed by atoms with Gasteiger partial charge in [-0.2, -0.15) is 0 Å². The molecule has 0 saturated carbocycles. The zero-order chi connectivity index (χ0) is 15.4. The predicted octanol–water partition coefficient (Wildman–Crippen LogP) is 1.93. The second-order valence-corrected chi connectivity index (χ2v) is 5.74. The molecule has 0 aliphatic carbocycles. The SMILES string of the molecule is O=C(c1ccc(Br)o1)N1CCNCC1COc1cccnc1. The maximum atomic E-state index is 12.6. The van der Waals surface area contributed by atoms with Crippen molar-refractivity contribution in [2.45, 2.75) is 6.04 Å². The Morgan fingerprint density at radius 1 is 1.50 bits per heavy atom. The van der Waals surface area contributed by atoms with E-state index in [1.54, 1.807) is 29.4 Å². The van der Waals surface area contributed by atoms with Crippen molar-refractivity contribution in [1.82, 2.24) is 15.2 Å². The summed E-state index contributed by atoms with van der Waals surface area (Å²) >= 11 is 3.22. The second kappa shape index (κ2) is 6.93. The van der Waals surface area contributed by atoms with E-state index in [1.165, 1.54) is 0 Å². The van der Waals surface area contributed by atoms with Crippen molar-refractivity contribution in [1.29, 1.82) is 0 Å². The minimum absolute atomic E-state index is 0.0506. The van der Waals surface area contributed by atoms with Crippen LogP contribution in [0.3, 0.4) is 0 Å². The molecule has 0 spiro atoms. The number of halogens is 1. The van der Waals surface area contributed by atoms with Gasteiger partial charge in [0.15, 0.2) is 10.4 Å². The topological polar surface area (TPSA) is 67.6 Å². The highest BCUT2D eigenvalue weighted by Crippen LogP contribution is 2.18. The van der Waals surface area contributed by atoms with Crippen molar-refractivity contribution in [3.8, 4) is 5.75 Å². The fraction of sp³-hybridized carbons (Fsp3) is 0.333. The summed E-state index contributed by atoms with van der Waals surface area (Å²) in [7, 11) is 0. The Morgan fingerprint density at radius 2 is 2.41 bits per heavy atom. The lowest BCUT2D eigenvalue weighted by Crippen LogP contribution is -2.55. The van der Waals surface area contributed by atoms with Crippen molar-refractivity contribution >= 4 is 21.8 Å². The lowest BCUT2D eigenvalue weighted by molar-refractivity contribution is 0.0527. The van der Waals surface area contributed by atoms with Gasteiger partial charge in [-0.15, -0.1) is 0 Å². The van der Waals surface area contributed by atoms with Gasteiger partial charge in [0, 0.05) is 25.8 Å². The van der Waals surface area contributed by atoms with Crippen molar-refractivity contribution in [2.24, 2.45) is 0 Å². The summed E-state index contributed by atoms with van der Waals surface area (Å²) in [5.41, 5.74) is 0. The van der Waals surface area contributed by atoms with E-state index in [1.807, 2.05) is 12.1 Å². The van der Waals surface area contributed by atoms with Crippen LogP contribution in [0.25, 0.3) is 0 Å². The van der Waals surface area contributed by atoms with Crippen LogP contribution in [0.4, 0.5) is 0 Å². The number of carbonyl (C=O) groups is 1. The number of nitrogens with zero attached hydrogens (tertiary/aromatic N) is 2. The Kier molecular flexibility index (Phi) is 4.74. The molecule has 1 aliphatic rings. The molecule has 116 valence electrons. The summed E-state index contributed by atoms with van der Waals surface area (Å²) in [5, 5.41) is 3.28. The molecule has 1 aliphatic heterocycles. The molecule has 1 atom stereocenters. The van der Waals surface area contributed by atoms with Gasteiger partial charge in [0.1, 0.15) is 12.4 Å². The number of hydrogen-bond acceptors (Lipinski definition) is 5. The number of rotatable bonds is 4. The van der Waals surface area contributed by atoms with Gasteiger partial charge in [0.05, 0.1) is 12.2 Å². The fourth-order valence-electron chi connectivity index (χ4n) is 2.37. The highest BCUT2D eigenvalue weighted by molar-refractivity contribution is 9.10. The number of hydrogen-bond donors (Lipinski definition) is 1. The largest absolute Gasteiger partial charge is 0.490 e. The molecule has 2 aromatic heterocycles. The number of pyridine rings is 1. The van der Waals surface area contributed by atoms with Crippen molar-refractivity contribution in [2.75, 3.05) is 26.2 Å². The lowest BCUT2D eigenvalue weighted by atomic mass is 10.2. The third kappa shape index (κ3) is 3.48. The number of amides is 1. The molecule has 6 nitrogen and oxygen atoms in total. The van der Waals surface area contributed by atoms with Crippen LogP contribution in [0, 0.1) is 0 Å². The summed E-state index contributed by atoms with van der Waals surface area (Å²) in [6.07, 6.45) is 3.35. The van der Waals surface area contributed by atoms with E-state index in [0.29, 0.717) is 35.9 Å². The van der Waals surface area contributed by atoms with Crippen LogP contribution in [0.5, 0.6) is 5.75 Å². The van der Waals surface area contributed by atoms with E-state index in [2.05, 4.69) is 26.2 Å². The number of furan rings is 1. The Bertz CT molecular complexity index is 632. The van der Waals surface area contributed by atoms with Crippen LogP contribution >= 0.6 is 15.9 Å². The average Bonchev–Trinajstić information content (AvgIpc) is 3.00.